The van der Waals surface area contributed by atoms with E-state index in [9.17, 15) is 0 Å². The molecule has 1 heterocycles. The molecule has 0 aliphatic heterocycles. The molecule has 0 atom stereocenters. The zero-order chi connectivity index (χ0) is 8.43. The van der Waals surface area contributed by atoms with E-state index < -0.39 is 0 Å². The van der Waals surface area contributed by atoms with Crippen molar-refractivity contribution >= 4 is 17.4 Å². The highest BCUT2D eigenvalue weighted by Gasteiger charge is 2.01. The number of aromatic nitrogens is 1. The molecule has 1 aromatic heterocycles. The molecule has 0 spiro atoms. The molecule has 1 aromatic rings. The molecule has 3 heteroatoms. The van der Waals surface area contributed by atoms with E-state index in [4.69, 9.17) is 17.3 Å². The molecule has 0 aliphatic rings. The van der Waals surface area contributed by atoms with Gasteiger partial charge in [-0.05, 0) is 23.6 Å². The first-order chi connectivity index (χ1) is 5.09. The van der Waals surface area contributed by atoms with Crippen LogP contribution in [0.2, 0.25) is 5.15 Å². The van der Waals surface area contributed by atoms with Gasteiger partial charge in [0.15, 0.2) is 0 Å². The average Bonchev–Trinajstić information content (AvgIpc) is 1.85. The Balaban J connectivity index is 3.08. The normalized spacial score (nSPS) is 10.5. The number of hydrogen-bond acceptors (Lipinski definition) is 2. The van der Waals surface area contributed by atoms with Crippen LogP contribution in [0.25, 0.3) is 0 Å². The second-order valence-electron chi connectivity index (χ2n) is 2.80. The molecule has 60 valence electrons. The molecule has 0 aliphatic carbocycles. The first kappa shape index (κ1) is 8.34. The van der Waals surface area contributed by atoms with E-state index in [1.165, 1.54) is 0 Å². The van der Waals surface area contributed by atoms with E-state index in [2.05, 4.69) is 18.8 Å². The summed E-state index contributed by atoms with van der Waals surface area (Å²) in [5.74, 6) is 0.930. The van der Waals surface area contributed by atoms with Gasteiger partial charge in [-0.1, -0.05) is 25.4 Å². The fourth-order valence-electron chi connectivity index (χ4n) is 0.871. The van der Waals surface area contributed by atoms with Gasteiger partial charge in [-0.25, -0.2) is 4.98 Å². The van der Waals surface area contributed by atoms with Crippen molar-refractivity contribution < 1.29 is 0 Å². The SMILES string of the molecule is CC(C)c1cc(N)nc(Cl)c1. The molecule has 0 saturated heterocycles. The summed E-state index contributed by atoms with van der Waals surface area (Å²) in [7, 11) is 0. The van der Waals surface area contributed by atoms with Crippen LogP contribution < -0.4 is 5.73 Å². The van der Waals surface area contributed by atoms with E-state index in [-0.39, 0.29) is 0 Å². The van der Waals surface area contributed by atoms with Crippen LogP contribution in [0, 0.1) is 0 Å². The van der Waals surface area contributed by atoms with E-state index in [1.807, 2.05) is 12.1 Å². The monoisotopic (exact) mass is 170 g/mol. The fraction of sp³-hybridized carbons (Fsp3) is 0.375. The van der Waals surface area contributed by atoms with Crippen LogP contribution in [0.3, 0.4) is 0 Å². The predicted octanol–water partition coefficient (Wildman–Crippen LogP) is 2.44. The van der Waals surface area contributed by atoms with E-state index >= 15 is 0 Å². The van der Waals surface area contributed by atoms with Crippen molar-refractivity contribution in [3.8, 4) is 0 Å². The topological polar surface area (TPSA) is 38.9 Å². The Bertz CT molecular complexity index is 238. The number of pyridine rings is 1. The van der Waals surface area contributed by atoms with E-state index in [1.54, 1.807) is 0 Å². The van der Waals surface area contributed by atoms with Gasteiger partial charge >= 0.3 is 0 Å². The minimum absolute atomic E-state index is 0.442. The molecular weight excluding hydrogens is 160 g/mol. The molecule has 0 unspecified atom stereocenters. The zero-order valence-electron chi connectivity index (χ0n) is 6.63. The summed E-state index contributed by atoms with van der Waals surface area (Å²) >= 11 is 5.70. The minimum Gasteiger partial charge on any atom is -0.384 e. The van der Waals surface area contributed by atoms with Crippen molar-refractivity contribution in [3.63, 3.8) is 0 Å². The van der Waals surface area contributed by atoms with Gasteiger partial charge in [0.2, 0.25) is 0 Å². The lowest BCUT2D eigenvalue weighted by Crippen LogP contribution is -1.94. The number of rotatable bonds is 1. The maximum Gasteiger partial charge on any atom is 0.131 e. The number of anilines is 1. The summed E-state index contributed by atoms with van der Waals surface area (Å²) in [6.45, 7) is 4.18. The molecule has 1 rings (SSSR count). The van der Waals surface area contributed by atoms with Crippen molar-refractivity contribution in [1.29, 1.82) is 0 Å². The van der Waals surface area contributed by atoms with Crippen LogP contribution >= 0.6 is 11.6 Å². The van der Waals surface area contributed by atoms with E-state index in [0.29, 0.717) is 16.9 Å². The summed E-state index contributed by atoms with van der Waals surface area (Å²) in [6.07, 6.45) is 0. The minimum atomic E-state index is 0.442. The van der Waals surface area contributed by atoms with Gasteiger partial charge in [-0.3, -0.25) is 0 Å². The largest absolute Gasteiger partial charge is 0.384 e. The summed E-state index contributed by atoms with van der Waals surface area (Å²) in [5, 5.41) is 0.466. The van der Waals surface area contributed by atoms with Crippen molar-refractivity contribution in [2.24, 2.45) is 0 Å². The van der Waals surface area contributed by atoms with Gasteiger partial charge in [0.1, 0.15) is 11.0 Å². The molecular formula is C8H11ClN2. The lowest BCUT2D eigenvalue weighted by molar-refractivity contribution is 0.864. The summed E-state index contributed by atoms with van der Waals surface area (Å²) in [6, 6.07) is 3.68. The third kappa shape index (κ3) is 2.09. The van der Waals surface area contributed by atoms with Crippen molar-refractivity contribution in [2.45, 2.75) is 19.8 Å². The maximum absolute atomic E-state index is 5.70. The third-order valence-electron chi connectivity index (χ3n) is 1.50. The van der Waals surface area contributed by atoms with Crippen molar-refractivity contribution in [2.75, 3.05) is 5.73 Å². The Morgan fingerprint density at radius 3 is 2.55 bits per heavy atom. The Morgan fingerprint density at radius 2 is 2.09 bits per heavy atom. The summed E-state index contributed by atoms with van der Waals surface area (Å²) < 4.78 is 0. The first-order valence-electron chi connectivity index (χ1n) is 3.52. The highest BCUT2D eigenvalue weighted by Crippen LogP contribution is 2.19. The molecule has 0 amide bonds. The molecule has 0 saturated carbocycles. The highest BCUT2D eigenvalue weighted by molar-refractivity contribution is 6.29. The Hall–Kier alpha value is -0.760. The molecule has 2 nitrogen and oxygen atoms in total. The van der Waals surface area contributed by atoms with Crippen LogP contribution in [-0.2, 0) is 0 Å². The first-order valence-corrected chi connectivity index (χ1v) is 3.90. The van der Waals surface area contributed by atoms with Crippen molar-refractivity contribution in [1.82, 2.24) is 4.98 Å². The molecule has 11 heavy (non-hydrogen) atoms. The van der Waals surface area contributed by atoms with Crippen LogP contribution in [0.4, 0.5) is 5.82 Å². The maximum atomic E-state index is 5.70. The number of nitrogens with zero attached hydrogens (tertiary/aromatic N) is 1. The van der Waals surface area contributed by atoms with Crippen molar-refractivity contribution in [3.05, 3.63) is 22.8 Å². The molecule has 0 aromatic carbocycles. The van der Waals surface area contributed by atoms with Gasteiger partial charge in [-0.15, -0.1) is 0 Å². The third-order valence-corrected chi connectivity index (χ3v) is 1.70. The van der Waals surface area contributed by atoms with Gasteiger partial charge in [0.25, 0.3) is 0 Å². The van der Waals surface area contributed by atoms with Gasteiger partial charge in [0.05, 0.1) is 0 Å². The molecule has 0 fully saturated rings. The summed E-state index contributed by atoms with van der Waals surface area (Å²) in [5.41, 5.74) is 6.63. The second-order valence-corrected chi connectivity index (χ2v) is 3.19. The van der Waals surface area contributed by atoms with Crippen LogP contribution in [0.1, 0.15) is 25.3 Å². The number of nitrogens with two attached hydrogens (primary N) is 1. The second kappa shape index (κ2) is 3.09. The zero-order valence-corrected chi connectivity index (χ0v) is 7.39. The highest BCUT2D eigenvalue weighted by atomic mass is 35.5. The Morgan fingerprint density at radius 1 is 1.45 bits per heavy atom. The Labute approximate surface area is 71.4 Å². The van der Waals surface area contributed by atoms with Crippen LogP contribution in [0.15, 0.2) is 12.1 Å². The van der Waals surface area contributed by atoms with Crippen LogP contribution in [-0.4, -0.2) is 4.98 Å². The number of halogens is 1. The predicted molar refractivity (Wildman–Crippen MR) is 47.7 cm³/mol. The molecule has 0 radical (unpaired) electrons. The summed E-state index contributed by atoms with van der Waals surface area (Å²) in [4.78, 5) is 3.86. The lowest BCUT2D eigenvalue weighted by Gasteiger charge is -2.05. The smallest absolute Gasteiger partial charge is 0.131 e. The Kier molecular flexibility index (Phi) is 2.35. The molecule has 0 bridgehead atoms. The quantitative estimate of drug-likeness (QED) is 0.658. The number of hydrogen-bond donors (Lipinski definition) is 1. The average molecular weight is 171 g/mol. The van der Waals surface area contributed by atoms with Gasteiger partial charge in [-0.2, -0.15) is 0 Å². The van der Waals surface area contributed by atoms with Gasteiger partial charge in [0, 0.05) is 0 Å². The fourth-order valence-corrected chi connectivity index (χ4v) is 1.09. The standard InChI is InChI=1S/C8H11ClN2/c1-5(2)6-3-7(9)11-8(10)4-6/h3-5H,1-2H3,(H2,10,11). The number of nitrogen functional groups attached to an aromatic ring is 1. The van der Waals surface area contributed by atoms with E-state index in [0.717, 1.165) is 5.56 Å². The van der Waals surface area contributed by atoms with Gasteiger partial charge < -0.3 is 5.73 Å². The lowest BCUT2D eigenvalue weighted by atomic mass is 10.1. The molecule has 2 N–H and O–H groups in total. The van der Waals surface area contributed by atoms with Crippen LogP contribution in [0.5, 0.6) is 0 Å².